The highest BCUT2D eigenvalue weighted by atomic mass is 127. The number of nitrogens with two attached hydrogens (primary N) is 1. The van der Waals surface area contributed by atoms with Crippen molar-refractivity contribution in [2.45, 2.75) is 0 Å². The van der Waals surface area contributed by atoms with E-state index in [9.17, 15) is 0 Å². The van der Waals surface area contributed by atoms with E-state index in [4.69, 9.17) is 5.73 Å². The lowest BCUT2D eigenvalue weighted by Crippen LogP contribution is -1.97. The summed E-state index contributed by atoms with van der Waals surface area (Å²) in [7, 11) is 0. The normalized spacial score (nSPS) is 10.7. The Morgan fingerprint density at radius 2 is 2.22 bits per heavy atom. The predicted octanol–water partition coefficient (Wildman–Crippen LogP) is 3.62. The van der Waals surface area contributed by atoms with Crippen molar-refractivity contribution in [1.29, 1.82) is 0 Å². The van der Waals surface area contributed by atoms with Crippen molar-refractivity contribution in [1.82, 2.24) is 9.97 Å². The SMILES string of the molecule is Nc1cccc(Nc2ncc3scc(I)c3n2)c1. The Morgan fingerprint density at radius 1 is 1.33 bits per heavy atom. The minimum atomic E-state index is 0.587. The topological polar surface area (TPSA) is 63.8 Å². The predicted molar refractivity (Wildman–Crippen MR) is 84.3 cm³/mol. The Balaban J connectivity index is 1.97. The molecule has 0 fully saturated rings. The van der Waals surface area contributed by atoms with Gasteiger partial charge >= 0.3 is 0 Å². The van der Waals surface area contributed by atoms with Gasteiger partial charge in [0.25, 0.3) is 0 Å². The van der Waals surface area contributed by atoms with Gasteiger partial charge in [-0.05, 0) is 40.8 Å². The van der Waals surface area contributed by atoms with Crippen LogP contribution in [0, 0.1) is 3.57 Å². The number of hydrogen-bond donors (Lipinski definition) is 2. The zero-order valence-corrected chi connectivity index (χ0v) is 12.2. The van der Waals surface area contributed by atoms with Gasteiger partial charge in [0.1, 0.15) is 0 Å². The molecule has 18 heavy (non-hydrogen) atoms. The third-order valence-corrected chi connectivity index (χ3v) is 4.56. The average molecular weight is 368 g/mol. The number of halogens is 1. The van der Waals surface area contributed by atoms with Crippen LogP contribution in [0.25, 0.3) is 10.2 Å². The van der Waals surface area contributed by atoms with Crippen LogP contribution in [0.2, 0.25) is 0 Å². The fourth-order valence-corrected chi connectivity index (χ4v) is 3.30. The van der Waals surface area contributed by atoms with Gasteiger partial charge in [0.05, 0.1) is 20.0 Å². The Morgan fingerprint density at radius 3 is 3.06 bits per heavy atom. The van der Waals surface area contributed by atoms with E-state index in [0.717, 1.165) is 19.5 Å². The number of nitrogens with one attached hydrogen (secondary N) is 1. The van der Waals surface area contributed by atoms with E-state index in [2.05, 4.69) is 43.3 Å². The summed E-state index contributed by atoms with van der Waals surface area (Å²) in [5, 5.41) is 5.23. The van der Waals surface area contributed by atoms with Crippen LogP contribution in [0.3, 0.4) is 0 Å². The van der Waals surface area contributed by atoms with E-state index in [0.29, 0.717) is 11.6 Å². The Bertz CT molecular complexity index is 710. The van der Waals surface area contributed by atoms with E-state index >= 15 is 0 Å². The average Bonchev–Trinajstić information content (AvgIpc) is 2.71. The lowest BCUT2D eigenvalue weighted by molar-refractivity contribution is 1.22. The molecule has 0 unspecified atom stereocenters. The van der Waals surface area contributed by atoms with Crippen molar-refractivity contribution in [2.24, 2.45) is 0 Å². The number of thiophene rings is 1. The highest BCUT2D eigenvalue weighted by Gasteiger charge is 2.05. The largest absolute Gasteiger partial charge is 0.399 e. The number of fused-ring (bicyclic) bond motifs is 1. The molecule has 0 saturated heterocycles. The van der Waals surface area contributed by atoms with E-state index in [1.165, 1.54) is 0 Å². The molecular weight excluding hydrogens is 359 g/mol. The number of nitrogens with zero attached hydrogens (tertiary/aromatic N) is 2. The van der Waals surface area contributed by atoms with Gasteiger partial charge in [0, 0.05) is 16.8 Å². The molecule has 0 aliphatic rings. The van der Waals surface area contributed by atoms with E-state index in [1.54, 1.807) is 11.3 Å². The van der Waals surface area contributed by atoms with Gasteiger partial charge in [-0.15, -0.1) is 11.3 Å². The van der Waals surface area contributed by atoms with Crippen LogP contribution in [0.1, 0.15) is 0 Å². The van der Waals surface area contributed by atoms with Gasteiger partial charge in [0.15, 0.2) is 0 Å². The fourth-order valence-electron chi connectivity index (χ4n) is 1.60. The van der Waals surface area contributed by atoms with Crippen LogP contribution in [0.15, 0.2) is 35.8 Å². The molecule has 0 aliphatic heterocycles. The van der Waals surface area contributed by atoms with E-state index < -0.39 is 0 Å². The summed E-state index contributed by atoms with van der Waals surface area (Å²) in [6.45, 7) is 0. The van der Waals surface area contributed by atoms with Crippen molar-refractivity contribution >= 4 is 61.5 Å². The van der Waals surface area contributed by atoms with Gasteiger partial charge in [-0.25, -0.2) is 9.97 Å². The lowest BCUT2D eigenvalue weighted by Gasteiger charge is -2.05. The van der Waals surface area contributed by atoms with Gasteiger partial charge in [-0.3, -0.25) is 0 Å². The first-order chi connectivity index (χ1) is 8.72. The molecule has 3 aromatic rings. The summed E-state index contributed by atoms with van der Waals surface area (Å²) >= 11 is 3.93. The summed E-state index contributed by atoms with van der Waals surface area (Å²) < 4.78 is 2.24. The van der Waals surface area contributed by atoms with Crippen LogP contribution in [-0.4, -0.2) is 9.97 Å². The van der Waals surface area contributed by atoms with Crippen LogP contribution in [-0.2, 0) is 0 Å². The smallest absolute Gasteiger partial charge is 0.227 e. The Kier molecular flexibility index (Phi) is 3.04. The highest BCUT2D eigenvalue weighted by molar-refractivity contribution is 14.1. The monoisotopic (exact) mass is 368 g/mol. The third-order valence-electron chi connectivity index (χ3n) is 2.41. The standard InChI is InChI=1S/C12H9IN4S/c13-9-6-18-10-5-15-12(17-11(9)10)16-8-3-1-2-7(14)4-8/h1-6H,14H2,(H,15,16,17). The quantitative estimate of drug-likeness (QED) is 0.536. The molecule has 0 spiro atoms. The molecule has 3 N–H and O–H groups in total. The van der Waals surface area contributed by atoms with Gasteiger partial charge in [-0.1, -0.05) is 6.07 Å². The number of aromatic nitrogens is 2. The first-order valence-electron chi connectivity index (χ1n) is 5.25. The van der Waals surface area contributed by atoms with Crippen LogP contribution < -0.4 is 11.1 Å². The van der Waals surface area contributed by atoms with Crippen LogP contribution >= 0.6 is 33.9 Å². The van der Waals surface area contributed by atoms with Crippen LogP contribution in [0.4, 0.5) is 17.3 Å². The number of rotatable bonds is 2. The molecule has 2 heterocycles. The molecule has 90 valence electrons. The molecule has 0 bridgehead atoms. The van der Waals surface area contributed by atoms with Crippen LogP contribution in [0.5, 0.6) is 0 Å². The second kappa shape index (κ2) is 4.69. The first kappa shape index (κ1) is 11.7. The molecule has 6 heteroatoms. The molecule has 3 rings (SSSR count). The minimum absolute atomic E-state index is 0.587. The molecule has 4 nitrogen and oxygen atoms in total. The Hall–Kier alpha value is -1.41. The minimum Gasteiger partial charge on any atom is -0.399 e. The summed E-state index contributed by atoms with van der Waals surface area (Å²) in [6.07, 6.45) is 1.84. The molecule has 0 atom stereocenters. The van der Waals surface area contributed by atoms with Gasteiger partial charge in [-0.2, -0.15) is 0 Å². The molecular formula is C12H9IN4S. The van der Waals surface area contributed by atoms with Crippen molar-refractivity contribution in [3.05, 3.63) is 39.4 Å². The fraction of sp³-hybridized carbons (Fsp3) is 0. The molecule has 1 aromatic carbocycles. The maximum atomic E-state index is 5.73. The molecule has 0 radical (unpaired) electrons. The van der Waals surface area contributed by atoms with Crippen molar-refractivity contribution in [3.63, 3.8) is 0 Å². The van der Waals surface area contributed by atoms with Crippen molar-refractivity contribution in [3.8, 4) is 0 Å². The molecule has 2 aromatic heterocycles. The van der Waals surface area contributed by atoms with E-state index in [-0.39, 0.29) is 0 Å². The number of anilines is 3. The summed E-state index contributed by atoms with van der Waals surface area (Å²) in [5.74, 6) is 0.587. The first-order valence-corrected chi connectivity index (χ1v) is 7.20. The molecule has 0 amide bonds. The summed E-state index contributed by atoms with van der Waals surface area (Å²) in [6, 6.07) is 7.52. The molecule has 0 aliphatic carbocycles. The third kappa shape index (κ3) is 2.25. The van der Waals surface area contributed by atoms with Gasteiger partial charge in [0.2, 0.25) is 5.95 Å². The number of nitrogen functional groups attached to an aromatic ring is 1. The maximum absolute atomic E-state index is 5.73. The number of hydrogen-bond acceptors (Lipinski definition) is 5. The maximum Gasteiger partial charge on any atom is 0.227 e. The highest BCUT2D eigenvalue weighted by Crippen LogP contribution is 2.26. The van der Waals surface area contributed by atoms with Crippen molar-refractivity contribution < 1.29 is 0 Å². The Labute approximate surface area is 121 Å². The van der Waals surface area contributed by atoms with E-state index in [1.807, 2.05) is 30.5 Å². The second-order valence-corrected chi connectivity index (χ2v) is 5.81. The molecule has 0 saturated carbocycles. The lowest BCUT2D eigenvalue weighted by atomic mass is 10.3. The zero-order valence-electron chi connectivity index (χ0n) is 9.22. The second-order valence-electron chi connectivity index (χ2n) is 3.74. The summed E-state index contributed by atoms with van der Waals surface area (Å²) in [4.78, 5) is 8.79. The van der Waals surface area contributed by atoms with Crippen molar-refractivity contribution in [2.75, 3.05) is 11.1 Å². The zero-order chi connectivity index (χ0) is 12.5. The van der Waals surface area contributed by atoms with Gasteiger partial charge < -0.3 is 11.1 Å². The number of benzene rings is 1. The summed E-state index contributed by atoms with van der Waals surface area (Å²) in [5.41, 5.74) is 8.32.